The molecule has 464 valence electrons. The molecule has 2 aromatic heterocycles. The van der Waals surface area contributed by atoms with Crippen LogP contribution in [0.15, 0.2) is 58.6 Å². The van der Waals surface area contributed by atoms with E-state index in [0.29, 0.717) is 34.4 Å². The molecule has 6 N–H and O–H groups in total. The normalized spacial score (nSPS) is 16.8. The summed E-state index contributed by atoms with van der Waals surface area (Å²) in [5.74, 6) is -4.63. The molecule has 6 amide bonds. The van der Waals surface area contributed by atoms with Crippen molar-refractivity contribution >= 4 is 118 Å². The van der Waals surface area contributed by atoms with Crippen LogP contribution in [0.25, 0.3) is 0 Å². The molecular weight excluding hydrogens is 1180 g/mol. The van der Waals surface area contributed by atoms with Gasteiger partial charge >= 0.3 is 24.0 Å². The molecule has 1 aliphatic heterocycles. The van der Waals surface area contributed by atoms with Crippen molar-refractivity contribution in [3.05, 3.63) is 80.0 Å². The van der Waals surface area contributed by atoms with Crippen molar-refractivity contribution in [2.45, 2.75) is 171 Å². The Hall–Kier alpha value is -6.49. The van der Waals surface area contributed by atoms with Gasteiger partial charge in [-0.3, -0.25) is 38.4 Å². The highest BCUT2D eigenvalue weighted by atomic mass is 32.2. The number of amides is 6. The number of carbonyl (C=O) groups is 11. The molecule has 0 spiro atoms. The maximum Gasteiger partial charge on any atom is 0.408 e. The SMILES string of the molecule is C/C=C(\NC(=O)c1csc(CNC(=O)OC(C)(C)C)n1)C(=O)N[C@H](C(=O)O[C@H](/C=C/CCSC(C)=O)CC(=O)OCC[Si](C)(C)C)C(C)C.C/C=C1\NC(=O)c2csc(n2)CNC(=O)C[C@@H](/C=C/CCSC(C)=O)OC(=O)[C@H](C(C)C)NC1=O. The number of thiazole rings is 2. The van der Waals surface area contributed by atoms with E-state index < -0.39 is 91.5 Å². The Morgan fingerprint density at radius 1 is 0.905 bits per heavy atom. The molecule has 2 bridgehead atoms. The van der Waals surface area contributed by atoms with Gasteiger partial charge in [-0.25, -0.2) is 24.4 Å². The first kappa shape index (κ1) is 73.6. The first-order valence-electron chi connectivity index (χ1n) is 27.2. The number of nitrogens with one attached hydrogen (secondary N) is 6. The van der Waals surface area contributed by atoms with E-state index in [1.807, 2.05) is 0 Å². The van der Waals surface area contributed by atoms with Gasteiger partial charge in [0.25, 0.3) is 23.6 Å². The molecule has 0 aliphatic carbocycles. The summed E-state index contributed by atoms with van der Waals surface area (Å²) < 4.78 is 21.9. The van der Waals surface area contributed by atoms with Crippen LogP contribution < -0.4 is 31.9 Å². The lowest BCUT2D eigenvalue weighted by atomic mass is 10.0. The number of cyclic esters (lactones) is 1. The van der Waals surface area contributed by atoms with E-state index in [4.69, 9.17) is 18.9 Å². The van der Waals surface area contributed by atoms with Gasteiger partial charge in [-0.15, -0.1) is 22.7 Å². The number of hydrogen-bond donors (Lipinski definition) is 6. The molecule has 84 heavy (non-hydrogen) atoms. The van der Waals surface area contributed by atoms with E-state index in [0.717, 1.165) is 29.1 Å². The minimum absolute atomic E-state index is 0.00598. The number of rotatable bonds is 23. The number of aromatic nitrogens is 2. The Kier molecular flexibility index (Phi) is 32.5. The second-order valence-electron chi connectivity index (χ2n) is 21.6. The Balaban J connectivity index is 0.000000605. The Morgan fingerprint density at radius 3 is 2.14 bits per heavy atom. The minimum Gasteiger partial charge on any atom is -0.466 e. The Labute approximate surface area is 509 Å². The lowest BCUT2D eigenvalue weighted by Crippen LogP contribution is -2.48. The van der Waals surface area contributed by atoms with Crippen molar-refractivity contribution in [3.8, 4) is 0 Å². The molecule has 0 saturated carbocycles. The predicted octanol–water partition coefficient (Wildman–Crippen LogP) is 7.43. The standard InChI is InChI=1S/C33H52N4O9S2Si.C23H30N4O6S2/c1-11-24(36-30(41)25-20-48-26(35-25)19-34-32(43)46-33(5,6)7)29(40)37-28(21(2)3)31(42)45-23(14-12-13-16-47-22(4)38)18-27(39)44-15-17-49(8,9)10;1-5-16-21(30)27-20(13(2)3)23(32)33-15(8-6-7-9-34-14(4)28)10-18(29)24-11-19-25-17(12-35-19)22(31)26-16/h11-12,14,20-21,23,28H,13,15-19H2,1-10H3,(H,34,43)(H,36,41)(H,37,40);5-6,8,12-13,15,20H,7,9-11H2,1-4H3,(H,24,29)(H,26,31)(H,27,30)/b14-12+,24-11-;8-6+,16-5-/t23-,28+;15-,20+/m11/s1. The molecule has 2 aromatic rings. The van der Waals surface area contributed by atoms with Gasteiger partial charge in [0.05, 0.1) is 32.5 Å². The molecule has 3 heterocycles. The number of fused-ring (bicyclic) bond motifs is 2. The van der Waals surface area contributed by atoms with Crippen LogP contribution in [0.1, 0.15) is 133 Å². The molecule has 0 saturated heterocycles. The quantitative estimate of drug-likeness (QED) is 0.0157. The van der Waals surface area contributed by atoms with Crippen LogP contribution >= 0.6 is 46.2 Å². The lowest BCUT2D eigenvalue weighted by molar-refractivity contribution is -0.156. The Morgan fingerprint density at radius 2 is 1.56 bits per heavy atom. The molecular formula is C56H82N8O15S4Si. The van der Waals surface area contributed by atoms with Gasteiger partial charge < -0.3 is 50.8 Å². The summed E-state index contributed by atoms with van der Waals surface area (Å²) in [5.41, 5.74) is -0.657. The number of thioether (sulfide) groups is 2. The van der Waals surface area contributed by atoms with E-state index >= 15 is 0 Å². The van der Waals surface area contributed by atoms with Crippen molar-refractivity contribution < 1.29 is 71.7 Å². The predicted molar refractivity (Wildman–Crippen MR) is 327 cm³/mol. The fourth-order valence-corrected chi connectivity index (χ4v) is 9.91. The number of carbonyl (C=O) groups excluding carboxylic acids is 11. The molecule has 1 aliphatic rings. The number of nitrogens with zero attached hydrogens (tertiary/aromatic N) is 2. The number of allylic oxidation sites excluding steroid dienone is 4. The topological polar surface area (TPSA) is 323 Å². The van der Waals surface area contributed by atoms with E-state index in [2.05, 4.69) is 61.5 Å². The first-order chi connectivity index (χ1) is 39.3. The van der Waals surface area contributed by atoms with E-state index in [1.54, 1.807) is 86.6 Å². The van der Waals surface area contributed by atoms with Crippen LogP contribution in [-0.4, -0.2) is 130 Å². The van der Waals surface area contributed by atoms with Crippen molar-refractivity contribution in [1.82, 2.24) is 41.9 Å². The third kappa shape index (κ3) is 30.4. The van der Waals surface area contributed by atoms with Crippen LogP contribution in [0.3, 0.4) is 0 Å². The van der Waals surface area contributed by atoms with Gasteiger partial charge in [-0.05, 0) is 77.5 Å². The van der Waals surface area contributed by atoms with Crippen LogP contribution in [0.5, 0.6) is 0 Å². The maximum atomic E-state index is 13.4. The number of alkyl carbamates (subject to hydrolysis) is 1. The highest BCUT2D eigenvalue weighted by Gasteiger charge is 2.32. The van der Waals surface area contributed by atoms with E-state index in [1.165, 1.54) is 59.9 Å². The molecule has 0 aromatic carbocycles. The first-order valence-corrected chi connectivity index (χ1v) is 34.6. The molecule has 4 atom stereocenters. The zero-order valence-corrected chi connectivity index (χ0v) is 54.6. The van der Waals surface area contributed by atoms with Crippen LogP contribution in [0.4, 0.5) is 4.79 Å². The van der Waals surface area contributed by atoms with Gasteiger partial charge in [-0.2, -0.15) is 0 Å². The van der Waals surface area contributed by atoms with Crippen molar-refractivity contribution in [2.75, 3.05) is 18.1 Å². The third-order valence-electron chi connectivity index (χ3n) is 11.1. The zero-order chi connectivity index (χ0) is 63.3. The summed E-state index contributed by atoms with van der Waals surface area (Å²) in [7, 11) is -1.43. The maximum absolute atomic E-state index is 13.4. The minimum atomic E-state index is -1.43. The summed E-state index contributed by atoms with van der Waals surface area (Å²) in [6.07, 6.45) is 7.75. The number of hydrogen-bond acceptors (Lipinski definition) is 21. The molecule has 23 nitrogen and oxygen atoms in total. The zero-order valence-electron chi connectivity index (χ0n) is 50.3. The van der Waals surface area contributed by atoms with E-state index in [-0.39, 0.29) is 77.4 Å². The fraction of sp³-hybridized carbons (Fsp3) is 0.554. The van der Waals surface area contributed by atoms with Crippen molar-refractivity contribution in [3.63, 3.8) is 0 Å². The fourth-order valence-electron chi connectivity index (χ4n) is 6.68. The average molecular weight is 1260 g/mol. The van der Waals surface area contributed by atoms with Gasteiger partial charge in [0.2, 0.25) is 5.91 Å². The average Bonchev–Trinajstić information content (AvgIpc) is 4.12. The summed E-state index contributed by atoms with van der Waals surface area (Å²) in [4.78, 5) is 146. The van der Waals surface area contributed by atoms with Crippen LogP contribution in [-0.2, 0) is 70.4 Å². The summed E-state index contributed by atoms with van der Waals surface area (Å²) in [6, 6.07) is -1.33. The monoisotopic (exact) mass is 1260 g/mol. The van der Waals surface area contributed by atoms with Crippen LogP contribution in [0, 0.1) is 11.8 Å². The molecule has 0 unspecified atom stereocenters. The summed E-state index contributed by atoms with van der Waals surface area (Å²) in [5, 5.41) is 19.5. The summed E-state index contributed by atoms with van der Waals surface area (Å²) >= 11 is 4.68. The van der Waals surface area contributed by atoms with Gasteiger partial charge in [0, 0.05) is 44.2 Å². The van der Waals surface area contributed by atoms with E-state index in [9.17, 15) is 52.7 Å². The summed E-state index contributed by atoms with van der Waals surface area (Å²) in [6.45, 7) is 25.2. The molecule has 0 fully saturated rings. The third-order valence-corrected chi connectivity index (χ3v) is 16.1. The lowest BCUT2D eigenvalue weighted by Gasteiger charge is -2.24. The molecule has 3 rings (SSSR count). The second kappa shape index (κ2) is 37.0. The largest absolute Gasteiger partial charge is 0.466 e. The molecule has 0 radical (unpaired) electrons. The molecule has 28 heteroatoms. The number of ether oxygens (including phenoxy) is 4. The van der Waals surface area contributed by atoms with Crippen molar-refractivity contribution in [2.24, 2.45) is 11.8 Å². The van der Waals surface area contributed by atoms with Gasteiger partial charge in [0.1, 0.15) is 62.7 Å². The number of esters is 3. The van der Waals surface area contributed by atoms with Crippen molar-refractivity contribution in [1.29, 1.82) is 0 Å². The highest BCUT2D eigenvalue weighted by Crippen LogP contribution is 2.18. The Bertz CT molecular complexity index is 2740. The highest BCUT2D eigenvalue weighted by molar-refractivity contribution is 8.13. The van der Waals surface area contributed by atoms with Gasteiger partial charge in [0.15, 0.2) is 10.2 Å². The van der Waals surface area contributed by atoms with Crippen LogP contribution in [0.2, 0.25) is 25.7 Å². The van der Waals surface area contributed by atoms with Gasteiger partial charge in [-0.1, -0.05) is 95.2 Å². The smallest absolute Gasteiger partial charge is 0.408 e. The second-order valence-corrected chi connectivity index (χ2v) is 31.6.